The molecule has 2 N–H and O–H groups in total. The van der Waals surface area contributed by atoms with Gasteiger partial charge in [0.25, 0.3) is 5.91 Å². The number of piperidine rings is 1. The van der Waals surface area contributed by atoms with Gasteiger partial charge in [-0.2, -0.15) is 0 Å². The fraction of sp³-hybridized carbons (Fsp3) is 0.375. The molecule has 2 aromatic rings. The first-order valence-electron chi connectivity index (χ1n) is 10.6. The summed E-state index contributed by atoms with van der Waals surface area (Å²) < 4.78 is 0. The van der Waals surface area contributed by atoms with E-state index in [1.165, 1.54) is 5.56 Å². The second-order valence-electron chi connectivity index (χ2n) is 8.15. The number of carbonyl (C=O) groups excluding carboxylic acids is 3. The zero-order valence-corrected chi connectivity index (χ0v) is 17.2. The molecular weight excluding hydrogens is 378 g/mol. The maximum atomic E-state index is 13.0. The standard InChI is InChI=1S/C24H27N3O3/c1-16-7-8-19(15-21(16)26-23(29)20-9-10-22(28)25-20)24(30)27-13-11-18(12-14-27)17-5-3-2-4-6-17/h2-8,15,18,20H,9-14H2,1H3,(H,25,28)(H,26,29). The summed E-state index contributed by atoms with van der Waals surface area (Å²) in [6.45, 7) is 3.34. The summed E-state index contributed by atoms with van der Waals surface area (Å²) in [6.07, 6.45) is 2.77. The van der Waals surface area contributed by atoms with Gasteiger partial charge in [0.2, 0.25) is 11.8 Å². The zero-order valence-electron chi connectivity index (χ0n) is 17.2. The van der Waals surface area contributed by atoms with Gasteiger partial charge in [0, 0.05) is 30.8 Å². The Hall–Kier alpha value is -3.15. The lowest BCUT2D eigenvalue weighted by molar-refractivity contribution is -0.122. The van der Waals surface area contributed by atoms with Gasteiger partial charge in [0.05, 0.1) is 0 Å². The van der Waals surface area contributed by atoms with Crippen LogP contribution in [0, 0.1) is 6.92 Å². The first kappa shape index (κ1) is 20.1. The monoisotopic (exact) mass is 405 g/mol. The molecule has 30 heavy (non-hydrogen) atoms. The second-order valence-corrected chi connectivity index (χ2v) is 8.15. The molecule has 0 bridgehead atoms. The molecule has 6 heteroatoms. The van der Waals surface area contributed by atoms with Crippen molar-refractivity contribution in [2.45, 2.75) is 44.6 Å². The maximum Gasteiger partial charge on any atom is 0.253 e. The molecule has 1 unspecified atom stereocenters. The Labute approximate surface area is 176 Å². The summed E-state index contributed by atoms with van der Waals surface area (Å²) in [6, 6.07) is 15.4. The van der Waals surface area contributed by atoms with Crippen LogP contribution in [0.3, 0.4) is 0 Å². The Morgan fingerprint density at radius 2 is 1.77 bits per heavy atom. The Balaban J connectivity index is 1.40. The third-order valence-electron chi connectivity index (χ3n) is 6.11. The van der Waals surface area contributed by atoms with Crippen molar-refractivity contribution in [3.8, 4) is 0 Å². The van der Waals surface area contributed by atoms with Crippen LogP contribution in [-0.4, -0.2) is 41.8 Å². The van der Waals surface area contributed by atoms with Crippen LogP contribution in [-0.2, 0) is 9.59 Å². The van der Waals surface area contributed by atoms with Gasteiger partial charge in [-0.15, -0.1) is 0 Å². The Bertz CT molecular complexity index is 949. The van der Waals surface area contributed by atoms with Gasteiger partial charge in [-0.05, 0) is 55.4 Å². The van der Waals surface area contributed by atoms with E-state index in [0.29, 0.717) is 30.0 Å². The number of likely N-dealkylation sites (tertiary alicyclic amines) is 1. The highest BCUT2D eigenvalue weighted by Gasteiger charge is 2.28. The van der Waals surface area contributed by atoms with Crippen molar-refractivity contribution in [3.05, 3.63) is 65.2 Å². The number of rotatable bonds is 4. The SMILES string of the molecule is Cc1ccc(C(=O)N2CCC(c3ccccc3)CC2)cc1NC(=O)C1CCC(=O)N1. The lowest BCUT2D eigenvalue weighted by atomic mass is 9.89. The third kappa shape index (κ3) is 4.37. The first-order chi connectivity index (χ1) is 14.5. The van der Waals surface area contributed by atoms with Gasteiger partial charge in [-0.3, -0.25) is 14.4 Å². The fourth-order valence-electron chi connectivity index (χ4n) is 4.24. The van der Waals surface area contributed by atoms with Crippen LogP contribution in [0.1, 0.15) is 53.1 Å². The smallest absolute Gasteiger partial charge is 0.253 e. The molecule has 2 aliphatic rings. The van der Waals surface area contributed by atoms with E-state index in [9.17, 15) is 14.4 Å². The molecule has 1 atom stereocenters. The number of nitrogens with one attached hydrogen (secondary N) is 2. The summed E-state index contributed by atoms with van der Waals surface area (Å²) in [4.78, 5) is 38.8. The average molecular weight is 405 g/mol. The molecule has 0 spiro atoms. The Kier molecular flexibility index (Phi) is 5.84. The number of benzene rings is 2. The van der Waals surface area contributed by atoms with E-state index in [4.69, 9.17) is 0 Å². The van der Waals surface area contributed by atoms with Crippen LogP contribution in [0.2, 0.25) is 0 Å². The van der Waals surface area contributed by atoms with Crippen LogP contribution < -0.4 is 10.6 Å². The van der Waals surface area contributed by atoms with Crippen molar-refractivity contribution < 1.29 is 14.4 Å². The molecule has 2 saturated heterocycles. The van der Waals surface area contributed by atoms with Gasteiger partial charge >= 0.3 is 0 Å². The Morgan fingerprint density at radius 1 is 1.03 bits per heavy atom. The molecule has 156 valence electrons. The lowest BCUT2D eigenvalue weighted by Gasteiger charge is -2.32. The van der Waals surface area contributed by atoms with Crippen LogP contribution in [0.25, 0.3) is 0 Å². The first-order valence-corrected chi connectivity index (χ1v) is 10.6. The molecule has 2 aromatic carbocycles. The van der Waals surface area contributed by atoms with Gasteiger partial charge in [0.15, 0.2) is 0 Å². The molecule has 2 aliphatic heterocycles. The van der Waals surface area contributed by atoms with E-state index < -0.39 is 6.04 Å². The lowest BCUT2D eigenvalue weighted by Crippen LogP contribution is -2.38. The molecule has 0 aliphatic carbocycles. The number of hydrogen-bond donors (Lipinski definition) is 2. The van der Waals surface area contributed by atoms with Gasteiger partial charge in [-0.1, -0.05) is 36.4 Å². The van der Waals surface area contributed by atoms with Crippen LogP contribution in [0.5, 0.6) is 0 Å². The molecule has 2 fully saturated rings. The van der Waals surface area contributed by atoms with E-state index in [2.05, 4.69) is 34.9 Å². The maximum absolute atomic E-state index is 13.0. The minimum Gasteiger partial charge on any atom is -0.344 e. The highest BCUT2D eigenvalue weighted by Crippen LogP contribution is 2.29. The van der Waals surface area contributed by atoms with E-state index in [0.717, 1.165) is 31.5 Å². The van der Waals surface area contributed by atoms with E-state index >= 15 is 0 Å². The molecule has 4 rings (SSSR count). The minimum atomic E-state index is -0.506. The predicted octanol–water partition coefficient (Wildman–Crippen LogP) is 3.23. The summed E-state index contributed by atoms with van der Waals surface area (Å²) in [7, 11) is 0. The number of carbonyl (C=O) groups is 3. The Morgan fingerprint density at radius 3 is 2.43 bits per heavy atom. The molecule has 6 nitrogen and oxygen atoms in total. The molecule has 0 saturated carbocycles. The van der Waals surface area contributed by atoms with Crippen molar-refractivity contribution in [1.29, 1.82) is 0 Å². The predicted molar refractivity (Wildman–Crippen MR) is 115 cm³/mol. The highest BCUT2D eigenvalue weighted by molar-refractivity contribution is 6.01. The largest absolute Gasteiger partial charge is 0.344 e. The van der Waals surface area contributed by atoms with Crippen LogP contribution in [0.15, 0.2) is 48.5 Å². The van der Waals surface area contributed by atoms with Gasteiger partial charge < -0.3 is 15.5 Å². The van der Waals surface area contributed by atoms with E-state index in [1.807, 2.05) is 30.0 Å². The summed E-state index contributed by atoms with van der Waals surface area (Å²) in [5.41, 5.74) is 3.41. The summed E-state index contributed by atoms with van der Waals surface area (Å²) >= 11 is 0. The number of aryl methyl sites for hydroxylation is 1. The molecule has 3 amide bonds. The van der Waals surface area contributed by atoms with E-state index in [1.54, 1.807) is 6.07 Å². The summed E-state index contributed by atoms with van der Waals surface area (Å²) in [5.74, 6) is 0.142. The van der Waals surface area contributed by atoms with Crippen molar-refractivity contribution in [1.82, 2.24) is 10.2 Å². The van der Waals surface area contributed by atoms with Crippen LogP contribution >= 0.6 is 0 Å². The highest BCUT2D eigenvalue weighted by atomic mass is 16.2. The van der Waals surface area contributed by atoms with Crippen molar-refractivity contribution in [2.75, 3.05) is 18.4 Å². The topological polar surface area (TPSA) is 78.5 Å². The molecular formula is C24H27N3O3. The molecule has 2 heterocycles. The quantitative estimate of drug-likeness (QED) is 0.820. The van der Waals surface area contributed by atoms with Crippen molar-refractivity contribution in [3.63, 3.8) is 0 Å². The molecule has 0 aromatic heterocycles. The minimum absolute atomic E-state index is 0.00817. The number of anilines is 1. The van der Waals surface area contributed by atoms with Crippen molar-refractivity contribution in [2.24, 2.45) is 0 Å². The number of nitrogens with zero attached hydrogens (tertiary/aromatic N) is 1. The van der Waals surface area contributed by atoms with E-state index in [-0.39, 0.29) is 17.7 Å². The molecule has 0 radical (unpaired) electrons. The summed E-state index contributed by atoms with van der Waals surface area (Å²) in [5, 5.41) is 5.55. The van der Waals surface area contributed by atoms with Crippen LogP contribution in [0.4, 0.5) is 5.69 Å². The normalized spacial score (nSPS) is 19.4. The second kappa shape index (κ2) is 8.69. The average Bonchev–Trinajstić information content (AvgIpc) is 3.22. The van der Waals surface area contributed by atoms with Gasteiger partial charge in [-0.25, -0.2) is 0 Å². The van der Waals surface area contributed by atoms with Gasteiger partial charge in [0.1, 0.15) is 6.04 Å². The fourth-order valence-corrected chi connectivity index (χ4v) is 4.24. The third-order valence-corrected chi connectivity index (χ3v) is 6.11. The number of amides is 3. The zero-order chi connectivity index (χ0) is 21.1. The van der Waals surface area contributed by atoms with Crippen molar-refractivity contribution >= 4 is 23.4 Å². The number of hydrogen-bond acceptors (Lipinski definition) is 3.